The van der Waals surface area contributed by atoms with Crippen molar-refractivity contribution in [3.63, 3.8) is 0 Å². The van der Waals surface area contributed by atoms with Crippen LogP contribution in [0.25, 0.3) is 0 Å². The monoisotopic (exact) mass is 199 g/mol. The molecule has 3 heteroatoms. The van der Waals surface area contributed by atoms with Crippen molar-refractivity contribution in [3.05, 3.63) is 0 Å². The minimum Gasteiger partial charge on any atom is -0.276 e. The lowest BCUT2D eigenvalue weighted by atomic mass is 10.1. The maximum Gasteiger partial charge on any atom is 0.0509 e. The SMILES string of the molecule is CCCCCN(N=NC)C(C)CCC. The summed E-state index contributed by atoms with van der Waals surface area (Å²) < 4.78 is 0. The molecule has 1 atom stereocenters. The molecule has 0 heterocycles. The van der Waals surface area contributed by atoms with Gasteiger partial charge in [-0.15, -0.1) is 0 Å². The summed E-state index contributed by atoms with van der Waals surface area (Å²) in [5.41, 5.74) is 0. The van der Waals surface area contributed by atoms with Crippen molar-refractivity contribution >= 4 is 0 Å². The van der Waals surface area contributed by atoms with Crippen LogP contribution in [0.5, 0.6) is 0 Å². The van der Waals surface area contributed by atoms with Crippen LogP contribution in [-0.4, -0.2) is 24.6 Å². The molecule has 0 aromatic rings. The Hall–Kier alpha value is -0.600. The first-order valence-electron chi connectivity index (χ1n) is 5.82. The lowest BCUT2D eigenvalue weighted by Crippen LogP contribution is -2.28. The van der Waals surface area contributed by atoms with E-state index in [0.717, 1.165) is 6.54 Å². The molecule has 84 valence electrons. The Bertz CT molecular complexity index is 145. The topological polar surface area (TPSA) is 28.0 Å². The van der Waals surface area contributed by atoms with Crippen LogP contribution in [0, 0.1) is 0 Å². The molecule has 0 saturated carbocycles. The highest BCUT2D eigenvalue weighted by atomic mass is 15.5. The van der Waals surface area contributed by atoms with Gasteiger partial charge in [-0.25, -0.2) is 0 Å². The van der Waals surface area contributed by atoms with E-state index in [0.29, 0.717) is 6.04 Å². The van der Waals surface area contributed by atoms with E-state index in [1.165, 1.54) is 32.1 Å². The fraction of sp³-hybridized carbons (Fsp3) is 1.00. The van der Waals surface area contributed by atoms with Crippen molar-refractivity contribution in [2.45, 2.75) is 58.9 Å². The van der Waals surface area contributed by atoms with Crippen LogP contribution in [0.15, 0.2) is 10.3 Å². The second-order valence-electron chi connectivity index (χ2n) is 3.80. The maximum atomic E-state index is 4.17. The van der Waals surface area contributed by atoms with E-state index in [-0.39, 0.29) is 0 Å². The van der Waals surface area contributed by atoms with Gasteiger partial charge in [0.2, 0.25) is 0 Å². The molecule has 3 nitrogen and oxygen atoms in total. The summed E-state index contributed by atoms with van der Waals surface area (Å²) >= 11 is 0. The van der Waals surface area contributed by atoms with Crippen LogP contribution in [0.2, 0.25) is 0 Å². The van der Waals surface area contributed by atoms with Gasteiger partial charge in [0.25, 0.3) is 0 Å². The van der Waals surface area contributed by atoms with Crippen LogP contribution >= 0.6 is 0 Å². The molecule has 1 unspecified atom stereocenters. The van der Waals surface area contributed by atoms with Gasteiger partial charge < -0.3 is 0 Å². The molecular formula is C11H25N3. The highest BCUT2D eigenvalue weighted by Crippen LogP contribution is 2.09. The molecule has 0 aromatic heterocycles. The molecule has 0 aromatic carbocycles. The third kappa shape index (κ3) is 5.95. The van der Waals surface area contributed by atoms with Crippen molar-refractivity contribution in [2.24, 2.45) is 10.3 Å². The highest BCUT2D eigenvalue weighted by Gasteiger charge is 2.09. The fourth-order valence-corrected chi connectivity index (χ4v) is 1.56. The van der Waals surface area contributed by atoms with Crippen molar-refractivity contribution in [1.29, 1.82) is 0 Å². The van der Waals surface area contributed by atoms with E-state index >= 15 is 0 Å². The number of unbranched alkanes of at least 4 members (excludes halogenated alkanes) is 2. The predicted octanol–water partition coefficient (Wildman–Crippen LogP) is 3.66. The molecule has 0 aliphatic carbocycles. The van der Waals surface area contributed by atoms with Crippen molar-refractivity contribution in [2.75, 3.05) is 13.6 Å². The molecule has 0 spiro atoms. The van der Waals surface area contributed by atoms with Crippen molar-refractivity contribution in [3.8, 4) is 0 Å². The number of nitrogens with zero attached hydrogens (tertiary/aromatic N) is 3. The van der Waals surface area contributed by atoms with E-state index in [1.54, 1.807) is 7.05 Å². The molecule has 0 N–H and O–H groups in total. The van der Waals surface area contributed by atoms with Gasteiger partial charge in [-0.3, -0.25) is 5.01 Å². The van der Waals surface area contributed by atoms with Gasteiger partial charge in [0, 0.05) is 12.6 Å². The van der Waals surface area contributed by atoms with E-state index in [9.17, 15) is 0 Å². The normalized spacial score (nSPS) is 13.4. The number of rotatable bonds is 8. The van der Waals surface area contributed by atoms with Crippen LogP contribution in [0.3, 0.4) is 0 Å². The summed E-state index contributed by atoms with van der Waals surface area (Å²) in [7, 11) is 1.74. The van der Waals surface area contributed by atoms with Crippen molar-refractivity contribution in [1.82, 2.24) is 5.01 Å². The first-order valence-corrected chi connectivity index (χ1v) is 5.82. The first-order chi connectivity index (χ1) is 6.76. The van der Waals surface area contributed by atoms with Crippen molar-refractivity contribution < 1.29 is 0 Å². The third-order valence-electron chi connectivity index (χ3n) is 2.41. The summed E-state index contributed by atoms with van der Waals surface area (Å²) in [6.07, 6.45) is 6.19. The fourth-order valence-electron chi connectivity index (χ4n) is 1.56. The minimum absolute atomic E-state index is 0.528. The molecule has 0 saturated heterocycles. The highest BCUT2D eigenvalue weighted by molar-refractivity contribution is 4.61. The second-order valence-corrected chi connectivity index (χ2v) is 3.80. The lowest BCUT2D eigenvalue weighted by Gasteiger charge is -2.24. The number of hydrogen-bond donors (Lipinski definition) is 0. The summed E-state index contributed by atoms with van der Waals surface area (Å²) in [4.78, 5) is 0. The van der Waals surface area contributed by atoms with Gasteiger partial charge in [-0.2, -0.15) is 5.11 Å². The lowest BCUT2D eigenvalue weighted by molar-refractivity contribution is 0.188. The van der Waals surface area contributed by atoms with Gasteiger partial charge in [-0.1, -0.05) is 38.3 Å². The number of hydrogen-bond acceptors (Lipinski definition) is 2. The van der Waals surface area contributed by atoms with Crippen LogP contribution in [0.1, 0.15) is 52.9 Å². The minimum atomic E-state index is 0.528. The molecule has 0 bridgehead atoms. The van der Waals surface area contributed by atoms with Gasteiger partial charge in [-0.05, 0) is 19.8 Å². The third-order valence-corrected chi connectivity index (χ3v) is 2.41. The van der Waals surface area contributed by atoms with Gasteiger partial charge in [0.05, 0.1) is 7.05 Å². The largest absolute Gasteiger partial charge is 0.276 e. The predicted molar refractivity (Wildman–Crippen MR) is 61.4 cm³/mol. The van der Waals surface area contributed by atoms with E-state index in [1.807, 2.05) is 0 Å². The van der Waals surface area contributed by atoms with Gasteiger partial charge in [0.15, 0.2) is 0 Å². The zero-order valence-electron chi connectivity index (χ0n) is 10.2. The second kappa shape index (κ2) is 8.97. The Labute approximate surface area is 88.6 Å². The van der Waals surface area contributed by atoms with E-state index in [4.69, 9.17) is 0 Å². The Balaban J connectivity index is 3.87. The molecular weight excluding hydrogens is 174 g/mol. The zero-order valence-corrected chi connectivity index (χ0v) is 10.2. The summed E-state index contributed by atoms with van der Waals surface area (Å²) in [5.74, 6) is 0. The Morgan fingerprint density at radius 3 is 2.36 bits per heavy atom. The quantitative estimate of drug-likeness (QED) is 0.333. The molecule has 0 fully saturated rings. The summed E-state index contributed by atoms with van der Waals surface area (Å²) in [6, 6.07) is 0.528. The average Bonchev–Trinajstić information content (AvgIpc) is 2.17. The average molecular weight is 199 g/mol. The molecule has 0 aliphatic rings. The summed E-state index contributed by atoms with van der Waals surface area (Å²) in [6.45, 7) is 7.71. The summed E-state index contributed by atoms with van der Waals surface area (Å²) in [5, 5.41) is 10.2. The molecule has 14 heavy (non-hydrogen) atoms. The van der Waals surface area contributed by atoms with Gasteiger partial charge in [0.1, 0.15) is 0 Å². The van der Waals surface area contributed by atoms with E-state index < -0.39 is 0 Å². The maximum absolute atomic E-state index is 4.17. The smallest absolute Gasteiger partial charge is 0.0509 e. The van der Waals surface area contributed by atoms with Crippen LogP contribution in [0.4, 0.5) is 0 Å². The Kier molecular flexibility index (Phi) is 8.59. The standard InChI is InChI=1S/C11H25N3/c1-5-7-8-10-14(13-12-4)11(3)9-6-2/h11H,5-10H2,1-4H3. The van der Waals surface area contributed by atoms with Crippen LogP contribution in [-0.2, 0) is 0 Å². The van der Waals surface area contributed by atoms with Gasteiger partial charge >= 0.3 is 0 Å². The molecule has 0 radical (unpaired) electrons. The zero-order chi connectivity index (χ0) is 10.8. The Morgan fingerprint density at radius 1 is 1.14 bits per heavy atom. The first kappa shape index (κ1) is 13.4. The van der Waals surface area contributed by atoms with Crippen LogP contribution < -0.4 is 0 Å². The molecule has 0 amide bonds. The van der Waals surface area contributed by atoms with E-state index in [2.05, 4.69) is 36.1 Å². The molecule has 0 rings (SSSR count). The Morgan fingerprint density at radius 2 is 1.86 bits per heavy atom. The molecule has 0 aliphatic heterocycles.